The Bertz CT molecular complexity index is 710. The quantitative estimate of drug-likeness (QED) is 0.866. The molecular weight excluding hydrogens is 284 g/mol. The van der Waals surface area contributed by atoms with Crippen molar-refractivity contribution in [1.29, 1.82) is 0 Å². The maximum Gasteiger partial charge on any atom is 0.244 e. The van der Waals surface area contributed by atoms with Gasteiger partial charge in [-0.2, -0.15) is 0 Å². The number of amides is 1. The van der Waals surface area contributed by atoms with Crippen LogP contribution in [0.1, 0.15) is 23.6 Å². The third kappa shape index (κ3) is 3.30. The first-order valence-corrected chi connectivity index (χ1v) is 8.23. The molecule has 2 aromatic rings. The van der Waals surface area contributed by atoms with E-state index in [1.165, 1.54) is 11.1 Å². The maximum atomic E-state index is 12.8. The minimum atomic E-state index is -0.0936. The van der Waals surface area contributed by atoms with Crippen molar-refractivity contribution in [2.45, 2.75) is 33.4 Å². The number of anilines is 1. The molecule has 3 nitrogen and oxygen atoms in total. The van der Waals surface area contributed by atoms with E-state index in [2.05, 4.69) is 49.1 Å². The minimum Gasteiger partial charge on any atom is -0.310 e. The molecule has 120 valence electrons. The lowest BCUT2D eigenvalue weighted by Gasteiger charge is -2.39. The number of benzene rings is 2. The van der Waals surface area contributed by atoms with Crippen LogP contribution in [0.15, 0.2) is 48.5 Å². The Hall–Kier alpha value is -2.13. The second kappa shape index (κ2) is 6.55. The lowest BCUT2D eigenvalue weighted by molar-refractivity contribution is -0.125. The van der Waals surface area contributed by atoms with Gasteiger partial charge in [0.1, 0.15) is 0 Å². The van der Waals surface area contributed by atoms with Crippen LogP contribution in [0.5, 0.6) is 0 Å². The first-order chi connectivity index (χ1) is 11.1. The van der Waals surface area contributed by atoms with Crippen LogP contribution in [0.25, 0.3) is 0 Å². The van der Waals surface area contributed by atoms with Gasteiger partial charge in [-0.3, -0.25) is 9.69 Å². The number of nitrogens with zero attached hydrogens (tertiary/aromatic N) is 2. The van der Waals surface area contributed by atoms with Gasteiger partial charge in [0.25, 0.3) is 0 Å². The number of aryl methyl sites for hydroxylation is 2. The zero-order chi connectivity index (χ0) is 16.4. The Balaban J connectivity index is 1.75. The van der Waals surface area contributed by atoms with Crippen LogP contribution >= 0.6 is 0 Å². The standard InChI is InChI=1S/C20H24N2O/c1-15-7-6-9-18(13-15)14-21-11-12-22(20(23)17(21)3)19-10-5-4-8-16(19)2/h4-10,13,17H,11-12,14H2,1-3H3/t17-/m0/s1. The first-order valence-electron chi connectivity index (χ1n) is 8.23. The summed E-state index contributed by atoms with van der Waals surface area (Å²) in [6, 6.07) is 16.5. The lowest BCUT2D eigenvalue weighted by atomic mass is 10.1. The summed E-state index contributed by atoms with van der Waals surface area (Å²) in [5, 5.41) is 0. The van der Waals surface area contributed by atoms with Crippen molar-refractivity contribution < 1.29 is 4.79 Å². The van der Waals surface area contributed by atoms with Gasteiger partial charge in [0.05, 0.1) is 6.04 Å². The Morgan fingerprint density at radius 1 is 1.04 bits per heavy atom. The second-order valence-corrected chi connectivity index (χ2v) is 6.41. The highest BCUT2D eigenvalue weighted by molar-refractivity contribution is 5.98. The molecule has 1 heterocycles. The molecule has 0 spiro atoms. The Morgan fingerprint density at radius 3 is 2.57 bits per heavy atom. The van der Waals surface area contributed by atoms with Gasteiger partial charge in [-0.15, -0.1) is 0 Å². The summed E-state index contributed by atoms with van der Waals surface area (Å²) in [5.74, 6) is 0.193. The number of hydrogen-bond acceptors (Lipinski definition) is 2. The molecule has 0 aliphatic carbocycles. The van der Waals surface area contributed by atoms with Crippen LogP contribution in [0, 0.1) is 13.8 Å². The average molecular weight is 308 g/mol. The van der Waals surface area contributed by atoms with E-state index in [1.807, 2.05) is 30.0 Å². The molecule has 2 aromatic carbocycles. The normalized spacial score (nSPS) is 19.2. The molecule has 0 bridgehead atoms. The van der Waals surface area contributed by atoms with Gasteiger partial charge in [-0.1, -0.05) is 48.0 Å². The molecule has 1 fully saturated rings. The van der Waals surface area contributed by atoms with Gasteiger partial charge in [0, 0.05) is 25.3 Å². The van der Waals surface area contributed by atoms with Gasteiger partial charge in [-0.05, 0) is 38.0 Å². The fraction of sp³-hybridized carbons (Fsp3) is 0.350. The molecule has 0 N–H and O–H groups in total. The van der Waals surface area contributed by atoms with Crippen molar-refractivity contribution in [2.75, 3.05) is 18.0 Å². The van der Waals surface area contributed by atoms with E-state index < -0.39 is 0 Å². The van der Waals surface area contributed by atoms with Crippen LogP contribution in [0.2, 0.25) is 0 Å². The van der Waals surface area contributed by atoms with E-state index >= 15 is 0 Å². The monoisotopic (exact) mass is 308 g/mol. The van der Waals surface area contributed by atoms with E-state index in [0.29, 0.717) is 0 Å². The maximum absolute atomic E-state index is 12.8. The predicted octanol–water partition coefficient (Wildman–Crippen LogP) is 3.54. The van der Waals surface area contributed by atoms with Crippen LogP contribution in [-0.2, 0) is 11.3 Å². The van der Waals surface area contributed by atoms with Crippen molar-refractivity contribution in [3.8, 4) is 0 Å². The molecule has 0 radical (unpaired) electrons. The fourth-order valence-electron chi connectivity index (χ4n) is 3.28. The van der Waals surface area contributed by atoms with E-state index in [9.17, 15) is 4.79 Å². The van der Waals surface area contributed by atoms with Gasteiger partial charge in [0.2, 0.25) is 5.91 Å². The number of carbonyl (C=O) groups excluding carboxylic acids is 1. The third-order valence-corrected chi connectivity index (χ3v) is 4.66. The highest BCUT2D eigenvalue weighted by atomic mass is 16.2. The van der Waals surface area contributed by atoms with Gasteiger partial charge in [-0.25, -0.2) is 0 Å². The zero-order valence-electron chi connectivity index (χ0n) is 14.1. The molecule has 1 aliphatic rings. The molecule has 1 aliphatic heterocycles. The van der Waals surface area contributed by atoms with Crippen molar-refractivity contribution >= 4 is 11.6 Å². The average Bonchev–Trinajstić information content (AvgIpc) is 2.53. The minimum absolute atomic E-state index is 0.0936. The highest BCUT2D eigenvalue weighted by Crippen LogP contribution is 2.24. The van der Waals surface area contributed by atoms with Crippen molar-refractivity contribution in [3.63, 3.8) is 0 Å². The van der Waals surface area contributed by atoms with Crippen LogP contribution < -0.4 is 4.90 Å². The molecule has 3 heteroatoms. The third-order valence-electron chi connectivity index (χ3n) is 4.66. The molecule has 0 saturated carbocycles. The number of rotatable bonds is 3. The highest BCUT2D eigenvalue weighted by Gasteiger charge is 2.32. The molecule has 0 unspecified atom stereocenters. The van der Waals surface area contributed by atoms with Crippen molar-refractivity contribution in [2.24, 2.45) is 0 Å². The molecule has 0 aromatic heterocycles. The number of para-hydroxylation sites is 1. The summed E-state index contributed by atoms with van der Waals surface area (Å²) < 4.78 is 0. The van der Waals surface area contributed by atoms with E-state index in [4.69, 9.17) is 0 Å². The largest absolute Gasteiger partial charge is 0.310 e. The van der Waals surface area contributed by atoms with E-state index in [0.717, 1.165) is 30.9 Å². The molecule has 1 amide bonds. The summed E-state index contributed by atoms with van der Waals surface area (Å²) in [7, 11) is 0. The molecular formula is C20H24N2O. The van der Waals surface area contributed by atoms with Crippen molar-refractivity contribution in [1.82, 2.24) is 4.90 Å². The Morgan fingerprint density at radius 2 is 1.83 bits per heavy atom. The molecule has 23 heavy (non-hydrogen) atoms. The fourth-order valence-corrected chi connectivity index (χ4v) is 3.28. The Kier molecular flexibility index (Phi) is 4.49. The summed E-state index contributed by atoms with van der Waals surface area (Å²) in [4.78, 5) is 17.0. The van der Waals surface area contributed by atoms with Crippen molar-refractivity contribution in [3.05, 3.63) is 65.2 Å². The summed E-state index contributed by atoms with van der Waals surface area (Å²) in [6.45, 7) is 8.66. The summed E-state index contributed by atoms with van der Waals surface area (Å²) in [6.07, 6.45) is 0. The Labute approximate surface area is 138 Å². The van der Waals surface area contributed by atoms with Crippen LogP contribution in [0.4, 0.5) is 5.69 Å². The molecule has 1 atom stereocenters. The summed E-state index contributed by atoms with van der Waals surface area (Å²) >= 11 is 0. The summed E-state index contributed by atoms with van der Waals surface area (Å²) in [5.41, 5.74) is 4.73. The molecule has 1 saturated heterocycles. The van der Waals surface area contributed by atoms with Crippen LogP contribution in [-0.4, -0.2) is 29.9 Å². The number of carbonyl (C=O) groups is 1. The molecule has 3 rings (SSSR count). The number of hydrogen-bond donors (Lipinski definition) is 0. The lowest BCUT2D eigenvalue weighted by Crippen LogP contribution is -2.55. The van der Waals surface area contributed by atoms with Gasteiger partial charge >= 0.3 is 0 Å². The SMILES string of the molecule is Cc1cccc(CN2CCN(c3ccccc3C)C(=O)[C@@H]2C)c1. The zero-order valence-corrected chi connectivity index (χ0v) is 14.1. The smallest absolute Gasteiger partial charge is 0.244 e. The second-order valence-electron chi connectivity index (χ2n) is 6.41. The topological polar surface area (TPSA) is 23.6 Å². The van der Waals surface area contributed by atoms with Crippen LogP contribution in [0.3, 0.4) is 0 Å². The van der Waals surface area contributed by atoms with Gasteiger partial charge < -0.3 is 4.90 Å². The van der Waals surface area contributed by atoms with E-state index in [-0.39, 0.29) is 11.9 Å². The van der Waals surface area contributed by atoms with Gasteiger partial charge in [0.15, 0.2) is 0 Å². The first kappa shape index (κ1) is 15.8. The number of piperazine rings is 1. The predicted molar refractivity (Wildman–Crippen MR) is 94.6 cm³/mol. The van der Waals surface area contributed by atoms with E-state index in [1.54, 1.807) is 0 Å².